The molecule has 1 N–H and O–H groups in total. The van der Waals surface area contributed by atoms with Crippen LogP contribution in [0.5, 0.6) is 0 Å². The van der Waals surface area contributed by atoms with Crippen LogP contribution in [0.2, 0.25) is 0 Å². The number of benzene rings is 2. The maximum Gasteiger partial charge on any atom is 0.164 e. The second-order valence-electron chi connectivity index (χ2n) is 14.3. The second-order valence-corrected chi connectivity index (χ2v) is 17.2. The molecule has 4 aromatic heterocycles. The molecule has 1 radical (unpaired) electrons. The van der Waals surface area contributed by atoms with Crippen molar-refractivity contribution in [1.29, 1.82) is 0 Å². The maximum absolute atomic E-state index is 12.2. The van der Waals surface area contributed by atoms with Crippen LogP contribution < -0.4 is 0 Å². The fraction of sp³-hybridized carbons (Fsp3) is 0.415. The minimum absolute atomic E-state index is 0. The number of pyridine rings is 1. The van der Waals surface area contributed by atoms with Crippen molar-refractivity contribution < 1.29 is 30.0 Å². The number of aryl methyl sites for hydroxylation is 1. The first-order chi connectivity index (χ1) is 22.2. The van der Waals surface area contributed by atoms with E-state index >= 15 is 0 Å². The Bertz CT molecular complexity index is 2100. The first-order valence-electron chi connectivity index (χ1n) is 16.8. The Morgan fingerprint density at radius 1 is 0.875 bits per heavy atom. The Labute approximate surface area is 311 Å². The predicted octanol–water partition coefficient (Wildman–Crippen LogP) is 13.6. The van der Waals surface area contributed by atoms with Crippen LogP contribution in [0, 0.1) is 23.8 Å². The molecule has 0 aliphatic rings. The van der Waals surface area contributed by atoms with Crippen LogP contribution in [0.15, 0.2) is 59.1 Å². The van der Waals surface area contributed by atoms with Gasteiger partial charge in [0.05, 0.1) is 0 Å². The molecule has 0 fully saturated rings. The molecule has 0 amide bonds. The Hall–Kier alpha value is -2.41. The SMILES string of the molecule is CCC(C)(CC)C(=O)/C=C(\O)C(C)(CC)CC.Cc1csc2ccc3sc4c(-c5[c-]c6ccsc6c(C(C)(C)C)c5)nccc4c3c12.[Ir]. The standard InChI is InChI=1S/C26H20NS3.C15H28O2.Ir/c1-14-13-29-19-5-6-20-22(21(14)19)17-7-9-27-23(25(17)30-20)16-11-15-8-10-28-24(15)18(12-16)26(2,3)4;1-7-14(5,8-2)12(16)11-13(17)15(6,9-3)10-4;/h5-10,12-13H,1-4H3;11,16H,7-10H2,1-6H3;/q-1;;/b;12-11-;. The molecule has 7 heteroatoms. The van der Waals surface area contributed by atoms with Gasteiger partial charge in [-0.15, -0.1) is 46.3 Å². The summed E-state index contributed by atoms with van der Waals surface area (Å²) in [6.07, 6.45) is 6.72. The Morgan fingerprint density at radius 2 is 1.52 bits per heavy atom. The van der Waals surface area contributed by atoms with E-state index in [0.29, 0.717) is 0 Å². The van der Waals surface area contributed by atoms with Crippen molar-refractivity contribution in [2.24, 2.45) is 10.8 Å². The number of aliphatic hydroxyl groups excluding tert-OH is 1. The van der Waals surface area contributed by atoms with Gasteiger partial charge in [0.2, 0.25) is 0 Å². The van der Waals surface area contributed by atoms with Gasteiger partial charge < -0.3 is 5.11 Å². The predicted molar refractivity (Wildman–Crippen MR) is 209 cm³/mol. The third kappa shape index (κ3) is 7.09. The first-order valence-corrected chi connectivity index (χ1v) is 19.4. The molecule has 2 aromatic carbocycles. The van der Waals surface area contributed by atoms with Crippen molar-refractivity contribution in [3.8, 4) is 11.3 Å². The van der Waals surface area contributed by atoms with Gasteiger partial charge >= 0.3 is 0 Å². The van der Waals surface area contributed by atoms with Gasteiger partial charge in [-0.1, -0.05) is 73.4 Å². The molecule has 0 saturated heterocycles. The zero-order chi connectivity index (χ0) is 34.3. The van der Waals surface area contributed by atoms with E-state index in [1.54, 1.807) is 0 Å². The average molecular weight is 875 g/mol. The minimum Gasteiger partial charge on any atom is -0.512 e. The van der Waals surface area contributed by atoms with E-state index < -0.39 is 0 Å². The van der Waals surface area contributed by atoms with Gasteiger partial charge in [0.1, 0.15) is 5.76 Å². The second kappa shape index (κ2) is 14.8. The van der Waals surface area contributed by atoms with Crippen molar-refractivity contribution in [2.75, 3.05) is 0 Å². The number of aromatic nitrogens is 1. The Kier molecular flexibility index (Phi) is 11.9. The molecule has 257 valence electrons. The van der Waals surface area contributed by atoms with Gasteiger partial charge in [-0.2, -0.15) is 11.3 Å². The van der Waals surface area contributed by atoms with Crippen molar-refractivity contribution in [3.05, 3.63) is 76.3 Å². The van der Waals surface area contributed by atoms with Crippen LogP contribution in [0.25, 0.3) is 51.6 Å². The van der Waals surface area contributed by atoms with Crippen LogP contribution in [-0.4, -0.2) is 15.9 Å². The smallest absolute Gasteiger partial charge is 0.164 e. The van der Waals surface area contributed by atoms with E-state index in [4.69, 9.17) is 4.98 Å². The fourth-order valence-electron chi connectivity index (χ4n) is 6.04. The Morgan fingerprint density at radius 3 is 2.15 bits per heavy atom. The molecule has 3 nitrogen and oxygen atoms in total. The van der Waals surface area contributed by atoms with E-state index in [1.807, 2.05) is 81.7 Å². The number of aliphatic hydroxyl groups is 1. The van der Waals surface area contributed by atoms with Crippen molar-refractivity contribution in [3.63, 3.8) is 0 Å². The quantitative estimate of drug-likeness (QED) is 0.0941. The van der Waals surface area contributed by atoms with Crippen molar-refractivity contribution in [2.45, 2.75) is 100 Å². The summed E-state index contributed by atoms with van der Waals surface area (Å²) in [5.41, 5.74) is 4.35. The van der Waals surface area contributed by atoms with Crippen molar-refractivity contribution >= 4 is 80.1 Å². The number of carbonyl (C=O) groups excluding carboxylic acids is 1. The molecule has 48 heavy (non-hydrogen) atoms. The monoisotopic (exact) mass is 875 g/mol. The molecule has 0 saturated carbocycles. The van der Waals surface area contributed by atoms with Gasteiger partial charge in [-0.25, -0.2) is 0 Å². The summed E-state index contributed by atoms with van der Waals surface area (Å²) < 4.78 is 5.29. The third-order valence-corrected chi connectivity index (χ3v) is 13.6. The summed E-state index contributed by atoms with van der Waals surface area (Å²) in [5, 5.41) is 19.8. The number of nitrogens with zero attached hydrogens (tertiary/aromatic N) is 1. The number of hydrogen-bond donors (Lipinski definition) is 1. The number of carbonyl (C=O) groups is 1. The topological polar surface area (TPSA) is 50.2 Å². The van der Waals surface area contributed by atoms with Gasteiger partial charge in [0.25, 0.3) is 0 Å². The molecule has 0 aliphatic carbocycles. The van der Waals surface area contributed by atoms with Crippen LogP contribution in [0.1, 0.15) is 99.1 Å². The van der Waals surface area contributed by atoms with E-state index in [9.17, 15) is 9.90 Å². The van der Waals surface area contributed by atoms with Gasteiger partial charge in [0, 0.05) is 73.8 Å². The van der Waals surface area contributed by atoms with Crippen LogP contribution in [0.4, 0.5) is 0 Å². The van der Waals surface area contributed by atoms with Crippen LogP contribution >= 0.6 is 34.0 Å². The molecule has 6 aromatic rings. The number of fused-ring (bicyclic) bond motifs is 6. The summed E-state index contributed by atoms with van der Waals surface area (Å²) in [5.74, 6) is 0.286. The van der Waals surface area contributed by atoms with Crippen molar-refractivity contribution in [1.82, 2.24) is 4.98 Å². The first kappa shape index (κ1) is 38.4. The third-order valence-electron chi connectivity index (χ3n) is 10.4. The Balaban J connectivity index is 0.000000251. The summed E-state index contributed by atoms with van der Waals surface area (Å²) in [6.45, 7) is 21.2. The number of hydrogen-bond acceptors (Lipinski definition) is 6. The van der Waals surface area contributed by atoms with Gasteiger partial charge in [-0.05, 0) is 82.6 Å². The number of ketones is 1. The molecule has 4 heterocycles. The fourth-order valence-corrected chi connectivity index (χ4v) is 9.28. The molecule has 6 rings (SSSR count). The normalized spacial score (nSPS) is 12.8. The minimum atomic E-state index is -0.337. The van der Waals surface area contributed by atoms with Gasteiger partial charge in [0.15, 0.2) is 5.78 Å². The summed E-state index contributed by atoms with van der Waals surface area (Å²) in [6, 6.07) is 14.9. The molecule has 0 unspecified atom stereocenters. The molecule has 0 atom stereocenters. The van der Waals surface area contributed by atoms with Crippen LogP contribution in [0.3, 0.4) is 0 Å². The summed E-state index contributed by atoms with van der Waals surface area (Å²) in [7, 11) is 0. The molecular formula is C41H48IrNO2S3-. The molecule has 0 bridgehead atoms. The van der Waals surface area contributed by atoms with E-state index in [1.165, 1.54) is 57.5 Å². The largest absolute Gasteiger partial charge is 0.512 e. The molecular weight excluding hydrogens is 827 g/mol. The molecule has 0 aliphatic heterocycles. The number of allylic oxidation sites excluding steroid dienone is 2. The summed E-state index contributed by atoms with van der Waals surface area (Å²) in [4.78, 5) is 17.0. The summed E-state index contributed by atoms with van der Waals surface area (Å²) >= 11 is 5.50. The van der Waals surface area contributed by atoms with E-state index in [0.717, 1.165) is 36.9 Å². The zero-order valence-electron chi connectivity index (χ0n) is 29.9. The maximum atomic E-state index is 12.2. The average Bonchev–Trinajstić information content (AvgIpc) is 3.79. The van der Waals surface area contributed by atoms with E-state index in [-0.39, 0.29) is 47.9 Å². The van der Waals surface area contributed by atoms with E-state index in [2.05, 4.69) is 74.9 Å². The van der Waals surface area contributed by atoms with Crippen LogP contribution in [-0.2, 0) is 30.3 Å². The number of thiophene rings is 3. The van der Waals surface area contributed by atoms with Gasteiger partial charge in [-0.3, -0.25) is 9.78 Å². The zero-order valence-corrected chi connectivity index (χ0v) is 34.7. The molecule has 0 spiro atoms. The number of rotatable bonds is 8.